The largest absolute Gasteiger partial charge is 0.481 e. The zero-order chi connectivity index (χ0) is 15.3. The van der Waals surface area contributed by atoms with E-state index in [1.165, 1.54) is 0 Å². The number of thiazole rings is 1. The van der Waals surface area contributed by atoms with Crippen LogP contribution in [0.5, 0.6) is 0 Å². The molecule has 1 N–H and O–H groups in total. The highest BCUT2D eigenvalue weighted by molar-refractivity contribution is 7.09. The van der Waals surface area contributed by atoms with Crippen LogP contribution in [-0.4, -0.2) is 40.5 Å². The third kappa shape index (κ3) is 5.28. The van der Waals surface area contributed by atoms with Crippen molar-refractivity contribution in [3.63, 3.8) is 0 Å². The highest BCUT2D eigenvalue weighted by atomic mass is 32.1. The first-order valence-electron chi connectivity index (χ1n) is 6.61. The van der Waals surface area contributed by atoms with Gasteiger partial charge in [-0.3, -0.25) is 9.59 Å². The number of amides is 1. The quantitative estimate of drug-likeness (QED) is 0.875. The highest BCUT2D eigenvalue weighted by Crippen LogP contribution is 2.25. The van der Waals surface area contributed by atoms with Gasteiger partial charge in [0.1, 0.15) is 0 Å². The number of aliphatic carboxylic acids is 1. The Balaban J connectivity index is 2.49. The van der Waals surface area contributed by atoms with Gasteiger partial charge in [-0.1, -0.05) is 20.8 Å². The Morgan fingerprint density at radius 3 is 2.55 bits per heavy atom. The molecule has 5 nitrogen and oxygen atoms in total. The Kier molecular flexibility index (Phi) is 5.68. The summed E-state index contributed by atoms with van der Waals surface area (Å²) >= 11 is 1.57. The number of likely N-dealkylation sites (N-methyl/N-ethyl adjacent to an activating group) is 1. The van der Waals surface area contributed by atoms with Crippen molar-refractivity contribution in [3.8, 4) is 0 Å². The molecule has 0 saturated carbocycles. The number of hydrogen-bond donors (Lipinski definition) is 1. The van der Waals surface area contributed by atoms with Crippen LogP contribution in [-0.2, 0) is 21.4 Å². The van der Waals surface area contributed by atoms with E-state index in [2.05, 4.69) is 25.8 Å². The standard InChI is InChI=1S/C14H22N2O3S/c1-14(2,3)13-15-10(9-20-13)8-11(17)16(4)7-5-6-12(18)19/h9H,5-8H2,1-4H3,(H,18,19). The molecule has 1 aromatic heterocycles. The van der Waals surface area contributed by atoms with E-state index in [1.54, 1.807) is 23.3 Å². The first kappa shape index (κ1) is 16.6. The van der Waals surface area contributed by atoms with Crippen molar-refractivity contribution in [2.45, 2.75) is 45.4 Å². The second-order valence-electron chi connectivity index (χ2n) is 5.88. The van der Waals surface area contributed by atoms with Gasteiger partial charge in [-0.15, -0.1) is 11.3 Å². The third-order valence-corrected chi connectivity index (χ3v) is 4.15. The van der Waals surface area contributed by atoms with Crippen LogP contribution in [0.3, 0.4) is 0 Å². The van der Waals surface area contributed by atoms with E-state index in [0.717, 1.165) is 10.7 Å². The minimum absolute atomic E-state index is 0.000641. The molecule has 1 heterocycles. The van der Waals surface area contributed by atoms with Crippen LogP contribution in [0.1, 0.15) is 44.3 Å². The molecule has 0 unspecified atom stereocenters. The summed E-state index contributed by atoms with van der Waals surface area (Å²) in [5.41, 5.74) is 0.786. The van der Waals surface area contributed by atoms with Gasteiger partial charge in [0.05, 0.1) is 17.1 Å². The van der Waals surface area contributed by atoms with Crippen LogP contribution >= 0.6 is 11.3 Å². The molecule has 0 spiro atoms. The van der Waals surface area contributed by atoms with Gasteiger partial charge in [-0.2, -0.15) is 0 Å². The van der Waals surface area contributed by atoms with Crippen molar-refractivity contribution < 1.29 is 14.7 Å². The minimum Gasteiger partial charge on any atom is -0.481 e. The molecule has 0 fully saturated rings. The Labute approximate surface area is 123 Å². The molecule has 0 aliphatic heterocycles. The van der Waals surface area contributed by atoms with E-state index in [-0.39, 0.29) is 24.2 Å². The molecule has 0 aromatic carbocycles. The van der Waals surface area contributed by atoms with Gasteiger partial charge < -0.3 is 10.0 Å². The molecule has 0 bridgehead atoms. The molecule has 0 radical (unpaired) electrons. The fourth-order valence-electron chi connectivity index (χ4n) is 1.61. The van der Waals surface area contributed by atoms with Crippen LogP contribution in [0.25, 0.3) is 0 Å². The van der Waals surface area contributed by atoms with Gasteiger partial charge in [-0.25, -0.2) is 4.98 Å². The van der Waals surface area contributed by atoms with Crippen molar-refractivity contribution in [2.75, 3.05) is 13.6 Å². The van der Waals surface area contributed by atoms with Gasteiger partial charge >= 0.3 is 5.97 Å². The van der Waals surface area contributed by atoms with Crippen LogP contribution in [0.2, 0.25) is 0 Å². The summed E-state index contributed by atoms with van der Waals surface area (Å²) in [6.45, 7) is 6.74. The van der Waals surface area contributed by atoms with Crippen LogP contribution in [0, 0.1) is 0 Å². The molecule has 0 saturated heterocycles. The van der Waals surface area contributed by atoms with Gasteiger partial charge in [0, 0.05) is 30.8 Å². The molecule has 0 aliphatic carbocycles. The fraction of sp³-hybridized carbons (Fsp3) is 0.643. The van der Waals surface area contributed by atoms with Crippen LogP contribution < -0.4 is 0 Å². The average Bonchev–Trinajstić information content (AvgIpc) is 2.76. The highest BCUT2D eigenvalue weighted by Gasteiger charge is 2.19. The number of carbonyl (C=O) groups excluding carboxylic acids is 1. The maximum absolute atomic E-state index is 12.0. The zero-order valence-corrected chi connectivity index (χ0v) is 13.3. The van der Waals surface area contributed by atoms with Gasteiger partial charge in [0.2, 0.25) is 5.91 Å². The van der Waals surface area contributed by atoms with Crippen molar-refractivity contribution in [2.24, 2.45) is 0 Å². The molecule has 0 aliphatic rings. The summed E-state index contributed by atoms with van der Waals surface area (Å²) in [7, 11) is 1.70. The monoisotopic (exact) mass is 298 g/mol. The molecule has 1 rings (SSSR count). The van der Waals surface area contributed by atoms with Crippen LogP contribution in [0.15, 0.2) is 5.38 Å². The summed E-state index contributed by atoms with van der Waals surface area (Å²) in [4.78, 5) is 28.5. The van der Waals surface area contributed by atoms with Crippen molar-refractivity contribution in [1.82, 2.24) is 9.88 Å². The van der Waals surface area contributed by atoms with Crippen molar-refractivity contribution >= 4 is 23.2 Å². The van der Waals surface area contributed by atoms with Crippen LogP contribution in [0.4, 0.5) is 0 Å². The number of carbonyl (C=O) groups is 2. The molecule has 1 amide bonds. The van der Waals surface area contributed by atoms with E-state index < -0.39 is 5.97 Å². The lowest BCUT2D eigenvalue weighted by Crippen LogP contribution is -2.29. The van der Waals surface area contributed by atoms with Gasteiger partial charge in [0.15, 0.2) is 0 Å². The Morgan fingerprint density at radius 2 is 2.05 bits per heavy atom. The second kappa shape index (κ2) is 6.83. The van der Waals surface area contributed by atoms with Gasteiger partial charge in [0.25, 0.3) is 0 Å². The van der Waals surface area contributed by atoms with E-state index in [4.69, 9.17) is 5.11 Å². The molecule has 1 aromatic rings. The lowest BCUT2D eigenvalue weighted by atomic mass is 9.98. The maximum Gasteiger partial charge on any atom is 0.303 e. The maximum atomic E-state index is 12.0. The summed E-state index contributed by atoms with van der Waals surface area (Å²) in [5.74, 6) is -0.860. The van der Waals surface area contributed by atoms with Gasteiger partial charge in [-0.05, 0) is 6.42 Å². The number of carboxylic acids is 1. The zero-order valence-electron chi connectivity index (χ0n) is 12.5. The lowest BCUT2D eigenvalue weighted by Gasteiger charge is -2.16. The lowest BCUT2D eigenvalue weighted by molar-refractivity contribution is -0.138. The SMILES string of the molecule is CN(CCCC(=O)O)C(=O)Cc1csc(C(C)(C)C)n1. The smallest absolute Gasteiger partial charge is 0.303 e. The number of hydrogen-bond acceptors (Lipinski definition) is 4. The van der Waals surface area contributed by atoms with Crippen molar-refractivity contribution in [1.29, 1.82) is 0 Å². The fourth-order valence-corrected chi connectivity index (χ4v) is 2.52. The summed E-state index contributed by atoms with van der Waals surface area (Å²) < 4.78 is 0. The number of rotatable bonds is 6. The van der Waals surface area contributed by atoms with E-state index in [0.29, 0.717) is 13.0 Å². The summed E-state index contributed by atoms with van der Waals surface area (Å²) in [6.07, 6.45) is 0.834. The summed E-state index contributed by atoms with van der Waals surface area (Å²) in [6, 6.07) is 0. The minimum atomic E-state index is -0.833. The van der Waals surface area contributed by atoms with E-state index >= 15 is 0 Å². The second-order valence-corrected chi connectivity index (χ2v) is 6.74. The first-order valence-corrected chi connectivity index (χ1v) is 7.48. The molecule has 112 valence electrons. The van der Waals surface area contributed by atoms with E-state index in [9.17, 15) is 9.59 Å². The summed E-state index contributed by atoms with van der Waals surface area (Å²) in [5, 5.41) is 11.5. The Morgan fingerprint density at radius 1 is 1.40 bits per heavy atom. The average molecular weight is 298 g/mol. The van der Waals surface area contributed by atoms with E-state index in [1.807, 2.05) is 5.38 Å². The third-order valence-electron chi connectivity index (χ3n) is 2.84. The van der Waals surface area contributed by atoms with Crippen molar-refractivity contribution in [3.05, 3.63) is 16.1 Å². The predicted molar refractivity (Wildman–Crippen MR) is 79.0 cm³/mol. The Hall–Kier alpha value is -1.43. The normalized spacial score (nSPS) is 11.4. The Bertz CT molecular complexity index is 477. The molecule has 0 atom stereocenters. The number of nitrogens with zero attached hydrogens (tertiary/aromatic N) is 2. The molecular weight excluding hydrogens is 276 g/mol. The topological polar surface area (TPSA) is 70.5 Å². The predicted octanol–water partition coefficient (Wildman–Crippen LogP) is 2.31. The molecular formula is C14H22N2O3S. The first-order chi connectivity index (χ1) is 9.20. The number of aromatic nitrogens is 1. The number of carboxylic acid groups (broad SMARTS) is 1. The molecule has 20 heavy (non-hydrogen) atoms. The molecule has 6 heteroatoms.